The molecule has 0 amide bonds. The topological polar surface area (TPSA) is 66.4 Å². The molecule has 128 valence electrons. The zero-order valence-electron chi connectivity index (χ0n) is 14.4. The Hall–Kier alpha value is -2.01. The molecule has 24 heavy (non-hydrogen) atoms. The second-order valence-electron chi connectivity index (χ2n) is 7.03. The van der Waals surface area contributed by atoms with Crippen LogP contribution in [0.25, 0.3) is 10.9 Å². The van der Waals surface area contributed by atoms with Gasteiger partial charge in [-0.05, 0) is 56.3 Å². The molecule has 1 aromatic carbocycles. The lowest BCUT2D eigenvalue weighted by atomic mass is 9.94. The summed E-state index contributed by atoms with van der Waals surface area (Å²) in [4.78, 5) is 4.80. The van der Waals surface area contributed by atoms with Crippen molar-refractivity contribution in [2.24, 2.45) is 5.92 Å². The van der Waals surface area contributed by atoms with Gasteiger partial charge in [-0.1, -0.05) is 6.92 Å². The minimum Gasteiger partial charge on any atom is -0.504 e. The Morgan fingerprint density at radius 1 is 1.33 bits per heavy atom. The standard InChI is InChI=1S/C19H25N3O2/c1-11-10-20-7-6-14(11)22-19-12-4-3-5-15(12)21-16-9-17(23)18(24-2)8-13(16)19/h8-9,11,14,20,23H,3-7,10H2,1-2H3,(H,21,22)/t11-,14+/m0/s1. The predicted molar refractivity (Wildman–Crippen MR) is 96.0 cm³/mol. The first kappa shape index (κ1) is 15.5. The lowest BCUT2D eigenvalue weighted by Gasteiger charge is -2.32. The van der Waals surface area contributed by atoms with Gasteiger partial charge in [0, 0.05) is 28.9 Å². The molecule has 2 aromatic rings. The largest absolute Gasteiger partial charge is 0.504 e. The van der Waals surface area contributed by atoms with Gasteiger partial charge in [0.2, 0.25) is 0 Å². The molecule has 2 heterocycles. The highest BCUT2D eigenvalue weighted by molar-refractivity contribution is 5.96. The molecule has 1 aliphatic heterocycles. The number of phenols is 1. The first-order valence-corrected chi connectivity index (χ1v) is 8.87. The minimum atomic E-state index is 0.150. The number of hydrogen-bond donors (Lipinski definition) is 3. The second kappa shape index (κ2) is 6.13. The summed E-state index contributed by atoms with van der Waals surface area (Å²) in [7, 11) is 1.59. The number of aromatic nitrogens is 1. The number of nitrogens with zero attached hydrogens (tertiary/aromatic N) is 1. The summed E-state index contributed by atoms with van der Waals surface area (Å²) in [6, 6.07) is 4.11. The molecule has 0 spiro atoms. The maximum absolute atomic E-state index is 10.1. The van der Waals surface area contributed by atoms with Crippen LogP contribution in [0.1, 0.15) is 31.0 Å². The maximum atomic E-state index is 10.1. The monoisotopic (exact) mass is 327 g/mol. The number of aromatic hydroxyl groups is 1. The molecule has 0 bridgehead atoms. The Kier molecular flexibility index (Phi) is 3.96. The van der Waals surface area contributed by atoms with Crippen LogP contribution >= 0.6 is 0 Å². The van der Waals surface area contributed by atoms with Gasteiger partial charge in [0.15, 0.2) is 11.5 Å². The van der Waals surface area contributed by atoms with E-state index in [1.807, 2.05) is 6.07 Å². The predicted octanol–water partition coefficient (Wildman–Crippen LogP) is 2.85. The SMILES string of the molecule is COc1cc2c(N[C@@H]3CCNC[C@@H]3C)c3c(nc2cc1O)CCC3. The van der Waals surface area contributed by atoms with Gasteiger partial charge in [0.05, 0.1) is 12.6 Å². The molecule has 1 fully saturated rings. The summed E-state index contributed by atoms with van der Waals surface area (Å²) in [5.41, 5.74) is 4.57. The number of anilines is 1. The highest BCUT2D eigenvalue weighted by Crippen LogP contribution is 2.39. The average molecular weight is 327 g/mol. The van der Waals surface area contributed by atoms with Crippen molar-refractivity contribution >= 4 is 16.6 Å². The van der Waals surface area contributed by atoms with Crippen molar-refractivity contribution < 1.29 is 9.84 Å². The lowest BCUT2D eigenvalue weighted by Crippen LogP contribution is -2.42. The Bertz CT molecular complexity index is 775. The molecular formula is C19H25N3O2. The fraction of sp³-hybridized carbons (Fsp3) is 0.526. The van der Waals surface area contributed by atoms with E-state index >= 15 is 0 Å². The van der Waals surface area contributed by atoms with Crippen LogP contribution in [-0.4, -0.2) is 36.3 Å². The molecule has 3 N–H and O–H groups in total. The number of aryl methyl sites for hydroxylation is 1. The molecule has 2 aliphatic rings. The van der Waals surface area contributed by atoms with Crippen LogP contribution in [0.15, 0.2) is 12.1 Å². The van der Waals surface area contributed by atoms with Crippen molar-refractivity contribution in [3.05, 3.63) is 23.4 Å². The number of benzene rings is 1. The van der Waals surface area contributed by atoms with Crippen molar-refractivity contribution in [1.82, 2.24) is 10.3 Å². The zero-order chi connectivity index (χ0) is 16.7. The summed E-state index contributed by atoms with van der Waals surface area (Å²) in [6.07, 6.45) is 4.37. The van der Waals surface area contributed by atoms with Gasteiger partial charge in [-0.25, -0.2) is 0 Å². The van der Waals surface area contributed by atoms with Crippen molar-refractivity contribution in [1.29, 1.82) is 0 Å². The van der Waals surface area contributed by atoms with Crippen molar-refractivity contribution in [2.45, 2.75) is 38.6 Å². The Morgan fingerprint density at radius 2 is 2.21 bits per heavy atom. The Labute approximate surface area is 142 Å². The van der Waals surface area contributed by atoms with E-state index in [2.05, 4.69) is 17.6 Å². The number of nitrogens with one attached hydrogen (secondary N) is 2. The summed E-state index contributed by atoms with van der Waals surface area (Å²) in [6.45, 7) is 4.39. The van der Waals surface area contributed by atoms with Gasteiger partial charge >= 0.3 is 0 Å². The van der Waals surface area contributed by atoms with Gasteiger partial charge in [-0.2, -0.15) is 0 Å². The van der Waals surface area contributed by atoms with E-state index in [1.165, 1.54) is 16.9 Å². The van der Waals surface area contributed by atoms with Crippen LogP contribution in [0.2, 0.25) is 0 Å². The van der Waals surface area contributed by atoms with E-state index in [4.69, 9.17) is 9.72 Å². The second-order valence-corrected chi connectivity index (χ2v) is 7.03. The van der Waals surface area contributed by atoms with Gasteiger partial charge in [0.1, 0.15) is 0 Å². The van der Waals surface area contributed by atoms with Crippen LogP contribution in [0, 0.1) is 5.92 Å². The van der Waals surface area contributed by atoms with E-state index in [0.29, 0.717) is 17.7 Å². The maximum Gasteiger partial charge on any atom is 0.161 e. The fourth-order valence-electron chi connectivity index (χ4n) is 4.02. The molecule has 0 radical (unpaired) electrons. The molecule has 5 heteroatoms. The normalized spacial score (nSPS) is 23.2. The average Bonchev–Trinajstić information content (AvgIpc) is 3.04. The summed E-state index contributed by atoms with van der Waals surface area (Å²) in [5.74, 6) is 1.23. The van der Waals surface area contributed by atoms with Crippen LogP contribution in [0.4, 0.5) is 5.69 Å². The van der Waals surface area contributed by atoms with Gasteiger partial charge < -0.3 is 20.5 Å². The van der Waals surface area contributed by atoms with E-state index in [-0.39, 0.29) is 5.75 Å². The number of methoxy groups -OCH3 is 1. The number of pyridine rings is 1. The molecule has 0 unspecified atom stereocenters. The van der Waals surface area contributed by atoms with Gasteiger partial charge in [-0.3, -0.25) is 4.98 Å². The first-order valence-electron chi connectivity index (χ1n) is 8.87. The van der Waals surface area contributed by atoms with Gasteiger partial charge in [0.25, 0.3) is 0 Å². The number of ether oxygens (including phenoxy) is 1. The van der Waals surface area contributed by atoms with Gasteiger partial charge in [-0.15, -0.1) is 0 Å². The lowest BCUT2D eigenvalue weighted by molar-refractivity contribution is 0.368. The van der Waals surface area contributed by atoms with E-state index in [1.54, 1.807) is 13.2 Å². The summed E-state index contributed by atoms with van der Waals surface area (Å²) >= 11 is 0. The van der Waals surface area contributed by atoms with Crippen molar-refractivity contribution in [3.63, 3.8) is 0 Å². The smallest absolute Gasteiger partial charge is 0.161 e. The highest BCUT2D eigenvalue weighted by atomic mass is 16.5. The quantitative estimate of drug-likeness (QED) is 0.809. The first-order chi connectivity index (χ1) is 11.7. The third-order valence-electron chi connectivity index (χ3n) is 5.43. The number of phenolic OH excluding ortho intramolecular Hbond substituents is 1. The Balaban J connectivity index is 1.84. The molecule has 1 aromatic heterocycles. The number of piperidine rings is 1. The van der Waals surface area contributed by atoms with Crippen LogP contribution in [-0.2, 0) is 12.8 Å². The molecule has 1 saturated heterocycles. The van der Waals surface area contributed by atoms with Crippen molar-refractivity contribution in [3.8, 4) is 11.5 Å². The third-order valence-corrected chi connectivity index (χ3v) is 5.43. The van der Waals surface area contributed by atoms with Crippen molar-refractivity contribution in [2.75, 3.05) is 25.5 Å². The molecule has 4 rings (SSSR count). The number of hydrogen-bond acceptors (Lipinski definition) is 5. The third kappa shape index (κ3) is 2.57. The number of rotatable bonds is 3. The summed E-state index contributed by atoms with van der Waals surface area (Å²) in [5, 5.41) is 18.5. The van der Waals surface area contributed by atoms with E-state index < -0.39 is 0 Å². The Morgan fingerprint density at radius 3 is 3.00 bits per heavy atom. The van der Waals surface area contributed by atoms with Crippen LogP contribution < -0.4 is 15.4 Å². The van der Waals surface area contributed by atoms with Crippen LogP contribution in [0.5, 0.6) is 11.5 Å². The number of fused-ring (bicyclic) bond motifs is 2. The van der Waals surface area contributed by atoms with E-state index in [9.17, 15) is 5.11 Å². The molecule has 1 aliphatic carbocycles. The van der Waals surface area contributed by atoms with Crippen LogP contribution in [0.3, 0.4) is 0 Å². The molecule has 0 saturated carbocycles. The summed E-state index contributed by atoms with van der Waals surface area (Å²) < 4.78 is 5.32. The minimum absolute atomic E-state index is 0.150. The molecule has 2 atom stereocenters. The fourth-order valence-corrected chi connectivity index (χ4v) is 4.02. The highest BCUT2D eigenvalue weighted by Gasteiger charge is 2.26. The molecule has 5 nitrogen and oxygen atoms in total. The molecular weight excluding hydrogens is 302 g/mol. The zero-order valence-corrected chi connectivity index (χ0v) is 14.4. The van der Waals surface area contributed by atoms with E-state index in [0.717, 1.165) is 49.7 Å².